The van der Waals surface area contributed by atoms with Gasteiger partial charge in [0.15, 0.2) is 0 Å². The third-order valence-electron chi connectivity index (χ3n) is 2.77. The summed E-state index contributed by atoms with van der Waals surface area (Å²) in [6.07, 6.45) is 0. The fourth-order valence-corrected chi connectivity index (χ4v) is 4.05. The Bertz CT molecular complexity index is 686. The van der Waals surface area contributed by atoms with Gasteiger partial charge in [0.25, 0.3) is 0 Å². The number of aromatic nitrogens is 1. The molecule has 0 aliphatic heterocycles. The highest BCUT2D eigenvalue weighted by atomic mass is 79.9. The largest absolute Gasteiger partial charge is 0.326 e. The van der Waals surface area contributed by atoms with Crippen LogP contribution >= 0.6 is 38.6 Å². The van der Waals surface area contributed by atoms with E-state index in [4.69, 9.17) is 10.7 Å². The first-order valence-corrected chi connectivity index (χ1v) is 8.26. The van der Waals surface area contributed by atoms with Crippen molar-refractivity contribution in [3.8, 4) is 21.1 Å². The zero-order chi connectivity index (χ0) is 13.2. The molecule has 96 valence electrons. The molecule has 0 aliphatic rings. The van der Waals surface area contributed by atoms with Gasteiger partial charge in [0, 0.05) is 17.5 Å². The summed E-state index contributed by atoms with van der Waals surface area (Å²) in [5.74, 6) is 0. The molecular weight excluding hydrogens is 340 g/mol. The van der Waals surface area contributed by atoms with E-state index in [1.807, 2.05) is 0 Å². The van der Waals surface area contributed by atoms with E-state index in [2.05, 4.69) is 57.7 Å². The van der Waals surface area contributed by atoms with Gasteiger partial charge in [-0.05, 0) is 33.6 Å². The van der Waals surface area contributed by atoms with Crippen molar-refractivity contribution in [2.45, 2.75) is 6.54 Å². The average Bonchev–Trinajstić information content (AvgIpc) is 3.07. The number of nitrogens with two attached hydrogens (primary N) is 1. The Morgan fingerprint density at radius 1 is 1.11 bits per heavy atom. The van der Waals surface area contributed by atoms with Gasteiger partial charge in [-0.15, -0.1) is 22.7 Å². The summed E-state index contributed by atoms with van der Waals surface area (Å²) in [4.78, 5) is 5.89. The third kappa shape index (κ3) is 2.79. The zero-order valence-corrected chi connectivity index (χ0v) is 13.2. The molecule has 2 aromatic heterocycles. The summed E-state index contributed by atoms with van der Waals surface area (Å²) in [5.41, 5.74) is 8.90. The first-order valence-electron chi connectivity index (χ1n) is 5.77. The molecule has 1 aromatic carbocycles. The molecule has 0 unspecified atom stereocenters. The summed E-state index contributed by atoms with van der Waals surface area (Å²) in [6.45, 7) is 0.575. The highest BCUT2D eigenvalue weighted by molar-refractivity contribution is 9.11. The molecule has 0 amide bonds. The molecule has 0 radical (unpaired) electrons. The number of benzene rings is 1. The van der Waals surface area contributed by atoms with Crippen molar-refractivity contribution in [2.24, 2.45) is 5.73 Å². The van der Waals surface area contributed by atoms with E-state index in [1.165, 1.54) is 4.88 Å². The summed E-state index contributed by atoms with van der Waals surface area (Å²) in [5, 5.41) is 3.16. The van der Waals surface area contributed by atoms with E-state index in [-0.39, 0.29) is 0 Å². The van der Waals surface area contributed by atoms with Crippen molar-refractivity contribution in [3.63, 3.8) is 0 Å². The van der Waals surface area contributed by atoms with E-state index in [1.54, 1.807) is 22.7 Å². The van der Waals surface area contributed by atoms with E-state index < -0.39 is 0 Å². The van der Waals surface area contributed by atoms with Gasteiger partial charge in [0.1, 0.15) is 5.01 Å². The Hall–Kier alpha value is -1.01. The molecule has 2 heterocycles. The lowest BCUT2D eigenvalue weighted by atomic mass is 10.1. The van der Waals surface area contributed by atoms with Gasteiger partial charge >= 0.3 is 0 Å². The molecule has 0 saturated carbocycles. The number of rotatable bonds is 3. The molecule has 2 N–H and O–H groups in total. The van der Waals surface area contributed by atoms with Crippen LogP contribution in [0, 0.1) is 0 Å². The Labute approximate surface area is 128 Å². The van der Waals surface area contributed by atoms with Crippen LogP contribution < -0.4 is 5.73 Å². The Kier molecular flexibility index (Phi) is 3.79. The van der Waals surface area contributed by atoms with Crippen LogP contribution in [0.5, 0.6) is 0 Å². The minimum atomic E-state index is 0.575. The topological polar surface area (TPSA) is 38.9 Å². The fourth-order valence-electron chi connectivity index (χ4n) is 1.76. The first-order chi connectivity index (χ1) is 9.26. The lowest BCUT2D eigenvalue weighted by molar-refractivity contribution is 1.07. The van der Waals surface area contributed by atoms with Crippen molar-refractivity contribution < 1.29 is 0 Å². The summed E-state index contributed by atoms with van der Waals surface area (Å²) in [6, 6.07) is 12.4. The van der Waals surface area contributed by atoms with Gasteiger partial charge in [0.2, 0.25) is 0 Å². The molecule has 5 heteroatoms. The standard InChI is InChI=1S/C14H11BrN2S2/c15-13-6-5-12(19-13)14-17-11(8-18-14)10-3-1-9(7-16)2-4-10/h1-6,8H,7,16H2. The number of thiophene rings is 1. The van der Waals surface area contributed by atoms with Crippen molar-refractivity contribution >= 4 is 38.6 Å². The Balaban J connectivity index is 1.91. The molecule has 0 bridgehead atoms. The molecule has 0 fully saturated rings. The second-order valence-corrected chi connectivity index (χ2v) is 7.36. The molecule has 3 rings (SSSR count). The molecule has 0 saturated heterocycles. The minimum absolute atomic E-state index is 0.575. The second kappa shape index (κ2) is 5.54. The molecule has 19 heavy (non-hydrogen) atoms. The Morgan fingerprint density at radius 3 is 2.53 bits per heavy atom. The van der Waals surface area contributed by atoms with Crippen molar-refractivity contribution in [3.05, 3.63) is 51.1 Å². The van der Waals surface area contributed by atoms with Gasteiger partial charge in [-0.1, -0.05) is 24.3 Å². The summed E-state index contributed by atoms with van der Waals surface area (Å²) < 4.78 is 1.13. The molecule has 0 spiro atoms. The predicted octanol–water partition coefficient (Wildman–Crippen LogP) is 4.76. The fraction of sp³-hybridized carbons (Fsp3) is 0.0714. The monoisotopic (exact) mass is 350 g/mol. The number of nitrogens with zero attached hydrogens (tertiary/aromatic N) is 1. The second-order valence-electron chi connectivity index (χ2n) is 4.04. The van der Waals surface area contributed by atoms with Crippen LogP contribution in [0.25, 0.3) is 21.1 Å². The number of hydrogen-bond donors (Lipinski definition) is 1. The average molecular weight is 351 g/mol. The SMILES string of the molecule is NCc1ccc(-c2csc(-c3ccc(Br)s3)n2)cc1. The van der Waals surface area contributed by atoms with Crippen molar-refractivity contribution in [1.82, 2.24) is 4.98 Å². The first kappa shape index (κ1) is 13.0. The van der Waals surface area contributed by atoms with Gasteiger partial charge in [-0.2, -0.15) is 0 Å². The van der Waals surface area contributed by atoms with E-state index in [9.17, 15) is 0 Å². The lowest BCUT2D eigenvalue weighted by Gasteiger charge is -1.99. The van der Waals surface area contributed by atoms with Crippen LogP contribution in [0.15, 0.2) is 45.6 Å². The van der Waals surface area contributed by atoms with Gasteiger partial charge < -0.3 is 5.73 Å². The van der Waals surface area contributed by atoms with Crippen LogP contribution in [-0.4, -0.2) is 4.98 Å². The van der Waals surface area contributed by atoms with Crippen LogP contribution in [-0.2, 0) is 6.54 Å². The van der Waals surface area contributed by atoms with Gasteiger partial charge in [-0.25, -0.2) is 4.98 Å². The van der Waals surface area contributed by atoms with E-state index >= 15 is 0 Å². The van der Waals surface area contributed by atoms with Crippen molar-refractivity contribution in [1.29, 1.82) is 0 Å². The van der Waals surface area contributed by atoms with Crippen LogP contribution in [0.1, 0.15) is 5.56 Å². The third-order valence-corrected chi connectivity index (χ3v) is 5.41. The Morgan fingerprint density at radius 2 is 1.89 bits per heavy atom. The number of thiazole rings is 1. The van der Waals surface area contributed by atoms with Crippen LogP contribution in [0.4, 0.5) is 0 Å². The smallest absolute Gasteiger partial charge is 0.134 e. The van der Waals surface area contributed by atoms with E-state index in [0.29, 0.717) is 6.54 Å². The van der Waals surface area contributed by atoms with Gasteiger partial charge in [-0.3, -0.25) is 0 Å². The normalized spacial score (nSPS) is 10.8. The maximum absolute atomic E-state index is 5.60. The maximum atomic E-state index is 5.60. The lowest BCUT2D eigenvalue weighted by Crippen LogP contribution is -1.95. The molecule has 0 aliphatic carbocycles. The summed E-state index contributed by atoms with van der Waals surface area (Å²) in [7, 11) is 0. The zero-order valence-electron chi connectivity index (χ0n) is 9.97. The minimum Gasteiger partial charge on any atom is -0.326 e. The predicted molar refractivity (Wildman–Crippen MR) is 86.5 cm³/mol. The summed E-state index contributed by atoms with van der Waals surface area (Å²) >= 11 is 6.86. The molecular formula is C14H11BrN2S2. The molecule has 0 atom stereocenters. The van der Waals surface area contributed by atoms with Gasteiger partial charge in [0.05, 0.1) is 14.4 Å². The number of hydrogen-bond acceptors (Lipinski definition) is 4. The highest BCUT2D eigenvalue weighted by Gasteiger charge is 2.08. The van der Waals surface area contributed by atoms with Crippen LogP contribution in [0.3, 0.4) is 0 Å². The van der Waals surface area contributed by atoms with E-state index in [0.717, 1.165) is 25.6 Å². The maximum Gasteiger partial charge on any atom is 0.134 e. The highest BCUT2D eigenvalue weighted by Crippen LogP contribution is 2.35. The quantitative estimate of drug-likeness (QED) is 0.739. The molecule has 3 aromatic rings. The number of halogens is 1. The van der Waals surface area contributed by atoms with Crippen LogP contribution in [0.2, 0.25) is 0 Å². The molecule has 2 nitrogen and oxygen atoms in total. The van der Waals surface area contributed by atoms with Crippen molar-refractivity contribution in [2.75, 3.05) is 0 Å².